The number of carbonyl (C=O) groups is 1. The Morgan fingerprint density at radius 1 is 1.33 bits per heavy atom. The lowest BCUT2D eigenvalue weighted by Gasteiger charge is -2.17. The van der Waals surface area contributed by atoms with Crippen molar-refractivity contribution in [1.29, 1.82) is 0 Å². The summed E-state index contributed by atoms with van der Waals surface area (Å²) in [5.74, 6) is -0.646. The highest BCUT2D eigenvalue weighted by Crippen LogP contribution is 2.18. The Morgan fingerprint density at radius 3 is 2.33 bits per heavy atom. The highest BCUT2D eigenvalue weighted by molar-refractivity contribution is 5.76. The summed E-state index contributed by atoms with van der Waals surface area (Å²) in [7, 11) is 0. The highest BCUT2D eigenvalue weighted by Gasteiger charge is 2.19. The number of hydrogen-bond acceptors (Lipinski definition) is 4. The van der Waals surface area contributed by atoms with E-state index in [0.29, 0.717) is 12.0 Å². The van der Waals surface area contributed by atoms with E-state index in [-0.39, 0.29) is 6.61 Å². The van der Waals surface area contributed by atoms with Gasteiger partial charge in [-0.3, -0.25) is 0 Å². The van der Waals surface area contributed by atoms with Gasteiger partial charge in [-0.15, -0.1) is 0 Å². The largest absolute Gasteiger partial charge is 0.464 e. The van der Waals surface area contributed by atoms with Crippen LogP contribution in [0.25, 0.3) is 0 Å². The molecule has 0 fully saturated rings. The molecule has 4 nitrogen and oxygen atoms in total. The van der Waals surface area contributed by atoms with Crippen molar-refractivity contribution < 1.29 is 19.7 Å². The van der Waals surface area contributed by atoms with Crippen LogP contribution in [-0.2, 0) is 16.0 Å². The minimum atomic E-state index is -1.25. The zero-order chi connectivity index (χ0) is 13.8. The second kappa shape index (κ2) is 5.98. The van der Waals surface area contributed by atoms with Crippen molar-refractivity contribution >= 4 is 5.97 Å². The third-order valence-electron chi connectivity index (χ3n) is 2.44. The van der Waals surface area contributed by atoms with E-state index in [1.54, 1.807) is 45.0 Å². The predicted octanol–water partition coefficient (Wildman–Crippen LogP) is 1.60. The van der Waals surface area contributed by atoms with Crippen molar-refractivity contribution in [1.82, 2.24) is 0 Å². The topological polar surface area (TPSA) is 66.8 Å². The summed E-state index contributed by atoms with van der Waals surface area (Å²) in [6.45, 7) is 5.40. The van der Waals surface area contributed by atoms with Gasteiger partial charge in [0.15, 0.2) is 6.10 Å². The van der Waals surface area contributed by atoms with Gasteiger partial charge in [0.2, 0.25) is 0 Å². The number of hydrogen-bond donors (Lipinski definition) is 2. The molecule has 0 saturated carbocycles. The average molecular weight is 252 g/mol. The van der Waals surface area contributed by atoms with Crippen molar-refractivity contribution in [3.8, 4) is 0 Å². The molecule has 4 heteroatoms. The fraction of sp³-hybridized carbons (Fsp3) is 0.500. The molecule has 0 radical (unpaired) electrons. The van der Waals surface area contributed by atoms with Crippen molar-refractivity contribution in [3.63, 3.8) is 0 Å². The van der Waals surface area contributed by atoms with E-state index in [1.807, 2.05) is 0 Å². The van der Waals surface area contributed by atoms with E-state index in [1.165, 1.54) is 0 Å². The quantitative estimate of drug-likeness (QED) is 0.781. The van der Waals surface area contributed by atoms with Crippen LogP contribution < -0.4 is 0 Å². The summed E-state index contributed by atoms with van der Waals surface area (Å²) >= 11 is 0. The van der Waals surface area contributed by atoms with Crippen LogP contribution in [0.2, 0.25) is 0 Å². The van der Waals surface area contributed by atoms with Gasteiger partial charge >= 0.3 is 5.97 Å². The molecule has 1 rings (SSSR count). The third kappa shape index (κ3) is 4.47. The monoisotopic (exact) mass is 252 g/mol. The minimum absolute atomic E-state index is 0.243. The highest BCUT2D eigenvalue weighted by atomic mass is 16.5. The Morgan fingerprint density at radius 2 is 1.89 bits per heavy atom. The molecular formula is C14H20O4. The maximum atomic E-state index is 11.3. The molecule has 0 bridgehead atoms. The summed E-state index contributed by atoms with van der Waals surface area (Å²) in [6.07, 6.45) is -0.732. The van der Waals surface area contributed by atoms with Crippen LogP contribution in [0.5, 0.6) is 0 Å². The van der Waals surface area contributed by atoms with E-state index in [0.717, 1.165) is 5.56 Å². The first-order valence-electron chi connectivity index (χ1n) is 5.99. The number of esters is 1. The molecule has 18 heavy (non-hydrogen) atoms. The Balaban J connectivity index is 2.73. The summed E-state index contributed by atoms with van der Waals surface area (Å²) in [5.41, 5.74) is 0.664. The van der Waals surface area contributed by atoms with Crippen molar-refractivity contribution in [2.24, 2.45) is 0 Å². The van der Waals surface area contributed by atoms with Crippen molar-refractivity contribution in [2.75, 3.05) is 6.61 Å². The molecule has 0 heterocycles. The third-order valence-corrected chi connectivity index (χ3v) is 2.44. The lowest BCUT2D eigenvalue weighted by Crippen LogP contribution is -2.21. The molecule has 1 aromatic rings. The average Bonchev–Trinajstić information content (AvgIpc) is 2.27. The Hall–Kier alpha value is -1.39. The van der Waals surface area contributed by atoms with Gasteiger partial charge in [0, 0.05) is 6.42 Å². The van der Waals surface area contributed by atoms with E-state index in [4.69, 9.17) is 4.74 Å². The normalized spacial score (nSPS) is 13.2. The lowest BCUT2D eigenvalue weighted by molar-refractivity contribution is -0.153. The second-order valence-corrected chi connectivity index (χ2v) is 4.89. The molecule has 0 saturated heterocycles. The Kier molecular flexibility index (Phi) is 4.87. The van der Waals surface area contributed by atoms with Gasteiger partial charge < -0.3 is 14.9 Å². The smallest absolute Gasteiger partial charge is 0.339 e. The molecule has 0 aliphatic rings. The molecule has 0 spiro atoms. The molecule has 1 unspecified atom stereocenters. The number of benzene rings is 1. The van der Waals surface area contributed by atoms with Crippen LogP contribution in [0.3, 0.4) is 0 Å². The first kappa shape index (κ1) is 14.7. The molecular weight excluding hydrogens is 232 g/mol. The standard InChI is InChI=1S/C14H20O4/c1-4-18-13(16)12(15)11-7-5-10(6-8-11)9-14(2,3)17/h5-8,12,15,17H,4,9H2,1-3H3. The maximum Gasteiger partial charge on any atom is 0.339 e. The van der Waals surface area contributed by atoms with E-state index in [9.17, 15) is 15.0 Å². The zero-order valence-electron chi connectivity index (χ0n) is 11.0. The summed E-state index contributed by atoms with van der Waals surface area (Å²) in [5, 5.41) is 19.4. The number of ether oxygens (including phenoxy) is 1. The Labute approximate surface area is 107 Å². The van der Waals surface area contributed by atoms with Gasteiger partial charge in [-0.25, -0.2) is 4.79 Å². The fourth-order valence-corrected chi connectivity index (χ4v) is 1.67. The maximum absolute atomic E-state index is 11.3. The van der Waals surface area contributed by atoms with Crippen molar-refractivity contribution in [2.45, 2.75) is 38.9 Å². The fourth-order valence-electron chi connectivity index (χ4n) is 1.67. The van der Waals surface area contributed by atoms with E-state index in [2.05, 4.69) is 0 Å². The second-order valence-electron chi connectivity index (χ2n) is 4.89. The van der Waals surface area contributed by atoms with Crippen LogP contribution in [-0.4, -0.2) is 28.4 Å². The first-order chi connectivity index (χ1) is 8.33. The first-order valence-corrected chi connectivity index (χ1v) is 5.99. The predicted molar refractivity (Wildman–Crippen MR) is 68.0 cm³/mol. The number of rotatable bonds is 5. The number of aliphatic hydroxyl groups is 2. The molecule has 0 amide bonds. The SMILES string of the molecule is CCOC(=O)C(O)c1ccc(CC(C)(C)O)cc1. The zero-order valence-corrected chi connectivity index (χ0v) is 11.0. The lowest BCUT2D eigenvalue weighted by atomic mass is 9.97. The van der Waals surface area contributed by atoms with Gasteiger partial charge in [-0.1, -0.05) is 24.3 Å². The van der Waals surface area contributed by atoms with Gasteiger partial charge in [0.1, 0.15) is 0 Å². The summed E-state index contributed by atoms with van der Waals surface area (Å²) in [6, 6.07) is 6.91. The van der Waals surface area contributed by atoms with Gasteiger partial charge in [0.05, 0.1) is 12.2 Å². The van der Waals surface area contributed by atoms with E-state index < -0.39 is 17.7 Å². The molecule has 0 aliphatic carbocycles. The molecule has 0 aliphatic heterocycles. The van der Waals surface area contributed by atoms with Crippen LogP contribution in [0.15, 0.2) is 24.3 Å². The van der Waals surface area contributed by atoms with Crippen LogP contribution in [0, 0.1) is 0 Å². The molecule has 1 atom stereocenters. The molecule has 0 aromatic heterocycles. The van der Waals surface area contributed by atoms with Crippen LogP contribution in [0.4, 0.5) is 0 Å². The van der Waals surface area contributed by atoms with E-state index >= 15 is 0 Å². The molecule has 2 N–H and O–H groups in total. The summed E-state index contributed by atoms with van der Waals surface area (Å²) < 4.78 is 4.74. The Bertz CT molecular complexity index is 389. The summed E-state index contributed by atoms with van der Waals surface area (Å²) in [4.78, 5) is 11.3. The van der Waals surface area contributed by atoms with Crippen molar-refractivity contribution in [3.05, 3.63) is 35.4 Å². The van der Waals surface area contributed by atoms with Gasteiger partial charge in [0.25, 0.3) is 0 Å². The van der Waals surface area contributed by atoms with Crippen LogP contribution >= 0.6 is 0 Å². The molecule has 1 aromatic carbocycles. The minimum Gasteiger partial charge on any atom is -0.464 e. The number of aliphatic hydroxyl groups excluding tert-OH is 1. The van der Waals surface area contributed by atoms with Crippen LogP contribution in [0.1, 0.15) is 38.0 Å². The molecule has 100 valence electrons. The van der Waals surface area contributed by atoms with Gasteiger partial charge in [-0.2, -0.15) is 0 Å². The van der Waals surface area contributed by atoms with Gasteiger partial charge in [-0.05, 0) is 31.9 Å². The number of carbonyl (C=O) groups excluding carboxylic acids is 1.